The fraction of sp³-hybridized carbons (Fsp3) is 0.133. The van der Waals surface area contributed by atoms with Gasteiger partial charge in [-0.25, -0.2) is 0 Å². The summed E-state index contributed by atoms with van der Waals surface area (Å²) in [4.78, 5) is 12.3. The number of ketones is 1. The van der Waals surface area contributed by atoms with Gasteiger partial charge in [0.1, 0.15) is 0 Å². The first kappa shape index (κ1) is 14.8. The number of aryl methyl sites for hydroxylation is 1. The maximum Gasteiger partial charge on any atom is 0.416 e. The standard InChI is InChI=1S/C15H10BrF3O/c1-9-3-2-4-10(7-9)14(20)12-8-11(15(17,18)19)5-6-13(12)16/h2-8H,1H3. The molecule has 0 saturated heterocycles. The monoisotopic (exact) mass is 342 g/mol. The van der Waals surface area contributed by atoms with Crippen LogP contribution in [0.5, 0.6) is 0 Å². The molecule has 0 bridgehead atoms. The summed E-state index contributed by atoms with van der Waals surface area (Å²) >= 11 is 3.13. The molecule has 1 nitrogen and oxygen atoms in total. The second-order valence-corrected chi connectivity index (χ2v) is 5.25. The van der Waals surface area contributed by atoms with Gasteiger partial charge in [-0.15, -0.1) is 0 Å². The number of hydrogen-bond donors (Lipinski definition) is 0. The molecule has 0 spiro atoms. The number of carbonyl (C=O) groups is 1. The van der Waals surface area contributed by atoms with E-state index in [0.29, 0.717) is 10.0 Å². The highest BCUT2D eigenvalue weighted by Crippen LogP contribution is 2.32. The largest absolute Gasteiger partial charge is 0.416 e. The van der Waals surface area contributed by atoms with Gasteiger partial charge in [0.05, 0.1) is 5.56 Å². The van der Waals surface area contributed by atoms with Crippen molar-refractivity contribution in [2.45, 2.75) is 13.1 Å². The van der Waals surface area contributed by atoms with Crippen molar-refractivity contribution in [1.29, 1.82) is 0 Å². The lowest BCUT2D eigenvalue weighted by molar-refractivity contribution is -0.137. The van der Waals surface area contributed by atoms with Crippen LogP contribution in [-0.4, -0.2) is 5.78 Å². The summed E-state index contributed by atoms with van der Waals surface area (Å²) in [5.41, 5.74) is 0.408. The zero-order chi connectivity index (χ0) is 14.9. The average Bonchev–Trinajstić information content (AvgIpc) is 2.37. The highest BCUT2D eigenvalue weighted by molar-refractivity contribution is 9.10. The van der Waals surface area contributed by atoms with E-state index in [0.717, 1.165) is 17.7 Å². The van der Waals surface area contributed by atoms with E-state index >= 15 is 0 Å². The molecule has 0 aliphatic heterocycles. The molecule has 0 heterocycles. The van der Waals surface area contributed by atoms with Gasteiger partial charge in [0.15, 0.2) is 5.78 Å². The van der Waals surface area contributed by atoms with Gasteiger partial charge in [0, 0.05) is 15.6 Å². The van der Waals surface area contributed by atoms with Gasteiger partial charge in [-0.05, 0) is 31.2 Å². The number of carbonyl (C=O) groups excluding carboxylic acids is 1. The minimum absolute atomic E-state index is 0.00502. The van der Waals surface area contributed by atoms with Gasteiger partial charge in [-0.3, -0.25) is 4.79 Å². The van der Waals surface area contributed by atoms with E-state index in [4.69, 9.17) is 0 Å². The predicted octanol–water partition coefficient (Wildman–Crippen LogP) is 5.01. The van der Waals surface area contributed by atoms with Crippen molar-refractivity contribution in [3.8, 4) is 0 Å². The van der Waals surface area contributed by atoms with E-state index in [9.17, 15) is 18.0 Å². The van der Waals surface area contributed by atoms with Crippen molar-refractivity contribution in [2.24, 2.45) is 0 Å². The summed E-state index contributed by atoms with van der Waals surface area (Å²) in [6.07, 6.45) is -4.47. The molecular formula is C15H10BrF3O. The smallest absolute Gasteiger partial charge is 0.289 e. The third-order valence-corrected chi connectivity index (χ3v) is 3.51. The van der Waals surface area contributed by atoms with Crippen molar-refractivity contribution in [3.05, 3.63) is 69.2 Å². The average molecular weight is 343 g/mol. The Bertz CT molecular complexity index is 662. The third kappa shape index (κ3) is 3.10. The van der Waals surface area contributed by atoms with Gasteiger partial charge in [-0.2, -0.15) is 13.2 Å². The maximum atomic E-state index is 12.7. The molecule has 104 valence electrons. The Morgan fingerprint density at radius 2 is 1.80 bits per heavy atom. The van der Waals surface area contributed by atoms with Gasteiger partial charge in [0.25, 0.3) is 0 Å². The van der Waals surface area contributed by atoms with E-state index in [1.54, 1.807) is 18.2 Å². The topological polar surface area (TPSA) is 17.1 Å². The molecule has 0 radical (unpaired) electrons. The van der Waals surface area contributed by atoms with Crippen molar-refractivity contribution in [1.82, 2.24) is 0 Å². The van der Waals surface area contributed by atoms with Crippen molar-refractivity contribution >= 4 is 21.7 Å². The normalized spacial score (nSPS) is 11.4. The molecule has 0 fully saturated rings. The van der Waals surface area contributed by atoms with Crippen LogP contribution in [0.25, 0.3) is 0 Å². The summed E-state index contributed by atoms with van der Waals surface area (Å²) in [5.74, 6) is -0.438. The maximum absolute atomic E-state index is 12.7. The quantitative estimate of drug-likeness (QED) is 0.701. The first-order valence-electron chi connectivity index (χ1n) is 5.77. The van der Waals surface area contributed by atoms with Crippen LogP contribution >= 0.6 is 15.9 Å². The molecule has 0 unspecified atom stereocenters. The van der Waals surface area contributed by atoms with Crippen LogP contribution in [0.15, 0.2) is 46.9 Å². The van der Waals surface area contributed by atoms with Crippen LogP contribution in [0, 0.1) is 6.92 Å². The first-order valence-corrected chi connectivity index (χ1v) is 6.56. The minimum atomic E-state index is -4.47. The number of alkyl halides is 3. The molecule has 0 aliphatic carbocycles. The first-order chi connectivity index (χ1) is 9.29. The lowest BCUT2D eigenvalue weighted by Gasteiger charge is -2.10. The predicted molar refractivity (Wildman–Crippen MR) is 73.8 cm³/mol. The van der Waals surface area contributed by atoms with Crippen LogP contribution in [0.3, 0.4) is 0 Å². The summed E-state index contributed by atoms with van der Waals surface area (Å²) in [7, 11) is 0. The fourth-order valence-corrected chi connectivity index (χ4v) is 2.24. The van der Waals surface area contributed by atoms with E-state index in [1.165, 1.54) is 6.07 Å². The summed E-state index contributed by atoms with van der Waals surface area (Å²) in [6, 6.07) is 9.80. The molecule has 2 aromatic rings. The molecule has 2 rings (SSSR count). The van der Waals surface area contributed by atoms with E-state index in [-0.39, 0.29) is 5.56 Å². The molecular weight excluding hydrogens is 333 g/mol. The molecule has 0 saturated carbocycles. The Kier molecular flexibility index (Phi) is 3.99. The van der Waals surface area contributed by atoms with Crippen molar-refractivity contribution in [3.63, 3.8) is 0 Å². The van der Waals surface area contributed by atoms with E-state index < -0.39 is 17.5 Å². The molecule has 20 heavy (non-hydrogen) atoms. The Hall–Kier alpha value is -1.62. The summed E-state index contributed by atoms with van der Waals surface area (Å²) in [6.45, 7) is 1.82. The minimum Gasteiger partial charge on any atom is -0.289 e. The SMILES string of the molecule is Cc1cccc(C(=O)c2cc(C(F)(F)F)ccc2Br)c1. The zero-order valence-electron chi connectivity index (χ0n) is 10.5. The van der Waals surface area contributed by atoms with Gasteiger partial charge < -0.3 is 0 Å². The van der Waals surface area contributed by atoms with Gasteiger partial charge in [-0.1, -0.05) is 39.7 Å². The van der Waals surface area contributed by atoms with Crippen LogP contribution in [0.4, 0.5) is 13.2 Å². The van der Waals surface area contributed by atoms with Gasteiger partial charge in [0.2, 0.25) is 0 Å². The number of hydrogen-bond acceptors (Lipinski definition) is 1. The second kappa shape index (κ2) is 5.40. The number of halogens is 4. The molecule has 0 atom stereocenters. The molecule has 0 aromatic heterocycles. The Morgan fingerprint density at radius 3 is 2.40 bits per heavy atom. The van der Waals surface area contributed by atoms with E-state index in [2.05, 4.69) is 15.9 Å². The molecule has 0 aliphatic rings. The Balaban J connectivity index is 2.49. The lowest BCUT2D eigenvalue weighted by atomic mass is 10.00. The lowest BCUT2D eigenvalue weighted by Crippen LogP contribution is -2.09. The fourth-order valence-electron chi connectivity index (χ4n) is 1.82. The van der Waals surface area contributed by atoms with E-state index in [1.807, 2.05) is 13.0 Å². The molecule has 0 N–H and O–H groups in total. The van der Waals surface area contributed by atoms with Gasteiger partial charge >= 0.3 is 6.18 Å². The molecule has 0 amide bonds. The Labute approximate surface area is 122 Å². The molecule has 2 aromatic carbocycles. The number of benzene rings is 2. The van der Waals surface area contributed by atoms with Crippen LogP contribution in [0.1, 0.15) is 27.0 Å². The zero-order valence-corrected chi connectivity index (χ0v) is 12.0. The molecule has 5 heteroatoms. The van der Waals surface area contributed by atoms with Crippen LogP contribution in [0.2, 0.25) is 0 Å². The van der Waals surface area contributed by atoms with Crippen molar-refractivity contribution in [2.75, 3.05) is 0 Å². The third-order valence-electron chi connectivity index (χ3n) is 2.82. The van der Waals surface area contributed by atoms with Crippen LogP contribution in [-0.2, 0) is 6.18 Å². The van der Waals surface area contributed by atoms with Crippen LogP contribution < -0.4 is 0 Å². The Morgan fingerprint density at radius 1 is 1.10 bits per heavy atom. The van der Waals surface area contributed by atoms with Crippen molar-refractivity contribution < 1.29 is 18.0 Å². The summed E-state index contributed by atoms with van der Waals surface area (Å²) < 4.78 is 38.5. The highest BCUT2D eigenvalue weighted by Gasteiger charge is 2.31. The second-order valence-electron chi connectivity index (χ2n) is 4.39. The summed E-state index contributed by atoms with van der Waals surface area (Å²) in [5, 5.41) is 0. The number of rotatable bonds is 2. The highest BCUT2D eigenvalue weighted by atomic mass is 79.9.